The average Bonchev–Trinajstić information content (AvgIpc) is 3.01. The van der Waals surface area contributed by atoms with Crippen molar-refractivity contribution >= 4 is 40.8 Å². The molecular weight excluding hydrogens is 376 g/mol. The number of nitro groups is 1. The minimum atomic E-state index is -0.473. The van der Waals surface area contributed by atoms with Gasteiger partial charge in [0.1, 0.15) is 0 Å². The molecule has 0 bridgehead atoms. The van der Waals surface area contributed by atoms with E-state index in [1.807, 2.05) is 24.3 Å². The van der Waals surface area contributed by atoms with Gasteiger partial charge in [-0.15, -0.1) is 5.10 Å². The topological polar surface area (TPSA) is 97.0 Å². The smallest absolute Gasteiger partial charge is 0.270 e. The highest BCUT2D eigenvalue weighted by atomic mass is 32.2. The Kier molecular flexibility index (Phi) is 6.00. The van der Waals surface area contributed by atoms with Crippen molar-refractivity contribution in [1.29, 1.82) is 0 Å². The van der Waals surface area contributed by atoms with E-state index in [0.29, 0.717) is 21.6 Å². The van der Waals surface area contributed by atoms with Gasteiger partial charge >= 0.3 is 0 Å². The lowest BCUT2D eigenvalue weighted by atomic mass is 10.0. The lowest BCUT2D eigenvalue weighted by Crippen LogP contribution is -2.19. The summed E-state index contributed by atoms with van der Waals surface area (Å²) >= 11 is 1.14. The van der Waals surface area contributed by atoms with Crippen LogP contribution in [0.5, 0.6) is 0 Å². The molecule has 0 aromatic heterocycles. The average molecular weight is 394 g/mol. The number of hydrogen-bond acceptors (Lipinski definition) is 6. The van der Waals surface area contributed by atoms with E-state index in [4.69, 9.17) is 0 Å². The molecule has 1 heterocycles. The molecule has 0 spiro atoms. The predicted octanol–water partition coefficient (Wildman–Crippen LogP) is 4.31. The lowest BCUT2D eigenvalue weighted by molar-refractivity contribution is -0.384. The fourth-order valence-electron chi connectivity index (χ4n) is 2.47. The zero-order valence-corrected chi connectivity index (χ0v) is 16.1. The normalized spacial score (nSPS) is 17.0. The summed E-state index contributed by atoms with van der Waals surface area (Å²) < 4.78 is 0. The van der Waals surface area contributed by atoms with Crippen LogP contribution in [0.25, 0.3) is 6.08 Å². The second-order valence-corrected chi connectivity index (χ2v) is 7.42. The number of nitrogens with one attached hydrogen (secondary N) is 1. The molecule has 1 N–H and O–H groups in total. The molecule has 1 amide bonds. The van der Waals surface area contributed by atoms with Crippen LogP contribution in [-0.2, 0) is 4.79 Å². The molecule has 1 saturated heterocycles. The maximum absolute atomic E-state index is 12.1. The van der Waals surface area contributed by atoms with E-state index in [1.165, 1.54) is 17.7 Å². The lowest BCUT2D eigenvalue weighted by Gasteiger charge is -2.03. The highest BCUT2D eigenvalue weighted by Crippen LogP contribution is 2.27. The minimum absolute atomic E-state index is 0.0280. The third-order valence-electron chi connectivity index (χ3n) is 3.99. The minimum Gasteiger partial charge on any atom is -0.299 e. The Labute approximate surface area is 166 Å². The number of nitrogens with zero attached hydrogens (tertiary/aromatic N) is 3. The van der Waals surface area contributed by atoms with Gasteiger partial charge in [0.05, 0.1) is 16.0 Å². The van der Waals surface area contributed by atoms with E-state index in [0.717, 1.165) is 17.3 Å². The van der Waals surface area contributed by atoms with Crippen molar-refractivity contribution in [3.05, 3.63) is 80.2 Å². The Morgan fingerprint density at radius 1 is 1.14 bits per heavy atom. The van der Waals surface area contributed by atoms with E-state index in [9.17, 15) is 14.9 Å². The first kappa shape index (κ1) is 19.5. The number of carbonyl (C=O) groups is 1. The van der Waals surface area contributed by atoms with Crippen LogP contribution in [0, 0.1) is 10.1 Å². The quantitative estimate of drug-likeness (QED) is 0.354. The van der Waals surface area contributed by atoms with Gasteiger partial charge in [0, 0.05) is 12.1 Å². The van der Waals surface area contributed by atoms with Crippen LogP contribution in [-0.4, -0.2) is 22.2 Å². The van der Waals surface area contributed by atoms with Crippen LogP contribution < -0.4 is 5.32 Å². The monoisotopic (exact) mass is 394 g/mol. The molecule has 3 rings (SSSR count). The SMILES string of the molecule is CC(C)c1ccc(/C=N\N=C2/NC(=O)/C(=C\c3cccc([N+](=O)[O-])c3)S2)cc1. The van der Waals surface area contributed by atoms with E-state index in [2.05, 4.69) is 29.4 Å². The Bertz CT molecular complexity index is 995. The maximum atomic E-state index is 12.1. The number of nitro benzene ring substituents is 1. The third-order valence-corrected chi connectivity index (χ3v) is 4.89. The first-order chi connectivity index (χ1) is 13.4. The Morgan fingerprint density at radius 3 is 2.57 bits per heavy atom. The number of hydrogen-bond donors (Lipinski definition) is 1. The fourth-order valence-corrected chi connectivity index (χ4v) is 3.25. The van der Waals surface area contributed by atoms with Gasteiger partial charge in [-0.05, 0) is 40.4 Å². The second-order valence-electron chi connectivity index (χ2n) is 6.39. The van der Waals surface area contributed by atoms with Crippen molar-refractivity contribution < 1.29 is 9.72 Å². The number of amides is 1. The van der Waals surface area contributed by atoms with E-state index >= 15 is 0 Å². The largest absolute Gasteiger partial charge is 0.299 e. The van der Waals surface area contributed by atoms with Crippen LogP contribution in [0.15, 0.2) is 63.6 Å². The van der Waals surface area contributed by atoms with Gasteiger partial charge < -0.3 is 0 Å². The molecule has 1 fully saturated rings. The van der Waals surface area contributed by atoms with E-state index in [1.54, 1.807) is 24.4 Å². The molecule has 0 saturated carbocycles. The van der Waals surface area contributed by atoms with Crippen LogP contribution >= 0.6 is 11.8 Å². The number of carbonyl (C=O) groups excluding carboxylic acids is 1. The molecule has 0 radical (unpaired) electrons. The number of thioether (sulfide) groups is 1. The Balaban J connectivity index is 1.69. The molecular formula is C20H18N4O3S. The number of non-ortho nitro benzene ring substituents is 1. The summed E-state index contributed by atoms with van der Waals surface area (Å²) in [4.78, 5) is 22.9. The van der Waals surface area contributed by atoms with Crippen LogP contribution in [0.1, 0.15) is 36.5 Å². The van der Waals surface area contributed by atoms with Gasteiger partial charge in [-0.3, -0.25) is 20.2 Å². The van der Waals surface area contributed by atoms with Gasteiger partial charge in [-0.1, -0.05) is 50.2 Å². The van der Waals surface area contributed by atoms with Crippen molar-refractivity contribution in [2.45, 2.75) is 19.8 Å². The molecule has 2 aromatic rings. The Morgan fingerprint density at radius 2 is 1.89 bits per heavy atom. The van der Waals surface area contributed by atoms with Gasteiger partial charge in [0.15, 0.2) is 5.17 Å². The first-order valence-corrected chi connectivity index (χ1v) is 9.40. The molecule has 1 aliphatic rings. The fraction of sp³-hybridized carbons (Fsp3) is 0.150. The van der Waals surface area contributed by atoms with Crippen LogP contribution in [0.2, 0.25) is 0 Å². The van der Waals surface area contributed by atoms with Gasteiger partial charge in [0.2, 0.25) is 0 Å². The number of benzene rings is 2. The molecule has 0 unspecified atom stereocenters. The molecule has 1 aliphatic heterocycles. The summed E-state index contributed by atoms with van der Waals surface area (Å²) in [5, 5.41) is 21.9. The summed E-state index contributed by atoms with van der Waals surface area (Å²) in [6.07, 6.45) is 3.20. The van der Waals surface area contributed by atoms with E-state index in [-0.39, 0.29) is 11.6 Å². The molecule has 8 heteroatoms. The summed E-state index contributed by atoms with van der Waals surface area (Å²) in [5.74, 6) is 0.152. The zero-order valence-electron chi connectivity index (χ0n) is 15.3. The molecule has 2 aromatic carbocycles. The first-order valence-electron chi connectivity index (χ1n) is 8.59. The van der Waals surface area contributed by atoms with Gasteiger partial charge in [-0.25, -0.2) is 0 Å². The molecule has 7 nitrogen and oxygen atoms in total. The summed E-state index contributed by atoms with van der Waals surface area (Å²) in [6.45, 7) is 4.27. The van der Waals surface area contributed by atoms with Crippen molar-refractivity contribution in [1.82, 2.24) is 5.32 Å². The summed E-state index contributed by atoms with van der Waals surface area (Å²) in [7, 11) is 0. The molecule has 142 valence electrons. The summed E-state index contributed by atoms with van der Waals surface area (Å²) in [6, 6.07) is 14.1. The van der Waals surface area contributed by atoms with Crippen molar-refractivity contribution in [2.75, 3.05) is 0 Å². The molecule has 0 atom stereocenters. The predicted molar refractivity (Wildman–Crippen MR) is 112 cm³/mol. The van der Waals surface area contributed by atoms with Gasteiger partial charge in [-0.2, -0.15) is 5.10 Å². The molecule has 0 aliphatic carbocycles. The Hall–Kier alpha value is -3.26. The highest BCUT2D eigenvalue weighted by molar-refractivity contribution is 8.18. The molecule has 28 heavy (non-hydrogen) atoms. The zero-order chi connectivity index (χ0) is 20.1. The maximum Gasteiger partial charge on any atom is 0.270 e. The van der Waals surface area contributed by atoms with Crippen molar-refractivity contribution in [3.8, 4) is 0 Å². The second kappa shape index (κ2) is 8.62. The summed E-state index contributed by atoms with van der Waals surface area (Å²) in [5.41, 5.74) is 2.70. The van der Waals surface area contributed by atoms with Crippen LogP contribution in [0.3, 0.4) is 0 Å². The van der Waals surface area contributed by atoms with Gasteiger partial charge in [0.25, 0.3) is 11.6 Å². The van der Waals surface area contributed by atoms with Crippen molar-refractivity contribution in [2.24, 2.45) is 10.2 Å². The number of amidine groups is 1. The number of rotatable bonds is 5. The van der Waals surface area contributed by atoms with Crippen LogP contribution in [0.4, 0.5) is 5.69 Å². The standard InChI is InChI=1S/C20H18N4O3S/c1-13(2)16-8-6-14(7-9-16)12-21-23-20-22-19(25)18(28-20)11-15-4-3-5-17(10-15)24(26)27/h3-13H,1-2H3,(H,22,23,25)/b18-11+,21-12-. The highest BCUT2D eigenvalue weighted by Gasteiger charge is 2.24. The van der Waals surface area contributed by atoms with E-state index < -0.39 is 4.92 Å². The third kappa shape index (κ3) is 4.92. The van der Waals surface area contributed by atoms with Crippen molar-refractivity contribution in [3.63, 3.8) is 0 Å².